The maximum atomic E-state index is 11.8. The molecule has 0 bridgehead atoms. The van der Waals surface area contributed by atoms with Crippen LogP contribution in [0.5, 0.6) is 0 Å². The van der Waals surface area contributed by atoms with E-state index in [-0.39, 0.29) is 11.8 Å². The molecule has 1 aromatic rings. The Morgan fingerprint density at radius 2 is 1.94 bits per heavy atom. The minimum absolute atomic E-state index is 0.215. The Morgan fingerprint density at radius 1 is 1.24 bits per heavy atom. The molecule has 0 unspecified atom stereocenters. The number of nitrogens with one attached hydrogen (secondary N) is 2. The highest BCUT2D eigenvalue weighted by atomic mass is 16.1. The minimum atomic E-state index is 0.215. The van der Waals surface area contributed by atoms with Gasteiger partial charge in [-0.15, -0.1) is 0 Å². The van der Waals surface area contributed by atoms with Crippen molar-refractivity contribution in [2.24, 2.45) is 5.92 Å². The second-order valence-electron chi connectivity index (χ2n) is 4.55. The first-order valence-electron chi connectivity index (χ1n) is 6.38. The van der Waals surface area contributed by atoms with Crippen molar-refractivity contribution in [2.75, 3.05) is 19.6 Å². The van der Waals surface area contributed by atoms with Crippen LogP contribution in [0.3, 0.4) is 0 Å². The predicted octanol–water partition coefficient (Wildman–Crippen LogP) is 1.34. The molecule has 2 rings (SSSR count). The van der Waals surface area contributed by atoms with E-state index in [9.17, 15) is 4.79 Å². The predicted molar refractivity (Wildman–Crippen MR) is 68.7 cm³/mol. The molecule has 0 aliphatic carbocycles. The molecular formula is C14H20N2O. The van der Waals surface area contributed by atoms with E-state index in [4.69, 9.17) is 0 Å². The molecular weight excluding hydrogens is 212 g/mol. The van der Waals surface area contributed by atoms with Crippen LogP contribution in [0.15, 0.2) is 30.3 Å². The van der Waals surface area contributed by atoms with Gasteiger partial charge in [0.25, 0.3) is 0 Å². The van der Waals surface area contributed by atoms with Crippen LogP contribution in [-0.4, -0.2) is 25.5 Å². The van der Waals surface area contributed by atoms with Crippen molar-refractivity contribution in [3.8, 4) is 0 Å². The van der Waals surface area contributed by atoms with Crippen molar-refractivity contribution < 1.29 is 4.79 Å². The van der Waals surface area contributed by atoms with Crippen molar-refractivity contribution in [3.63, 3.8) is 0 Å². The third-order valence-electron chi connectivity index (χ3n) is 3.27. The Labute approximate surface area is 103 Å². The van der Waals surface area contributed by atoms with Crippen molar-refractivity contribution in [2.45, 2.75) is 19.3 Å². The second-order valence-corrected chi connectivity index (χ2v) is 4.55. The number of amides is 1. The van der Waals surface area contributed by atoms with E-state index in [1.165, 1.54) is 5.56 Å². The zero-order valence-electron chi connectivity index (χ0n) is 10.1. The second kappa shape index (κ2) is 6.40. The number of hydrogen-bond donors (Lipinski definition) is 2. The number of piperidine rings is 1. The lowest BCUT2D eigenvalue weighted by molar-refractivity contribution is -0.125. The first-order chi connectivity index (χ1) is 8.36. The Balaban J connectivity index is 1.69. The van der Waals surface area contributed by atoms with Crippen LogP contribution in [0.2, 0.25) is 0 Å². The lowest BCUT2D eigenvalue weighted by Crippen LogP contribution is -2.38. The summed E-state index contributed by atoms with van der Waals surface area (Å²) in [5.74, 6) is 0.439. The molecule has 3 heteroatoms. The molecule has 1 aromatic carbocycles. The van der Waals surface area contributed by atoms with Gasteiger partial charge in [0.1, 0.15) is 0 Å². The molecule has 2 N–H and O–H groups in total. The molecule has 0 aromatic heterocycles. The summed E-state index contributed by atoms with van der Waals surface area (Å²) < 4.78 is 0. The molecule has 1 amide bonds. The summed E-state index contributed by atoms with van der Waals surface area (Å²) in [6.07, 6.45) is 2.85. The molecule has 1 fully saturated rings. The van der Waals surface area contributed by atoms with Gasteiger partial charge in [-0.25, -0.2) is 0 Å². The van der Waals surface area contributed by atoms with Gasteiger partial charge in [-0.2, -0.15) is 0 Å². The van der Waals surface area contributed by atoms with Crippen LogP contribution in [0, 0.1) is 5.92 Å². The van der Waals surface area contributed by atoms with E-state index in [0.29, 0.717) is 0 Å². The fraction of sp³-hybridized carbons (Fsp3) is 0.500. The van der Waals surface area contributed by atoms with Crippen molar-refractivity contribution in [3.05, 3.63) is 35.9 Å². The zero-order valence-corrected chi connectivity index (χ0v) is 10.1. The normalized spacial score (nSPS) is 16.7. The summed E-state index contributed by atoms with van der Waals surface area (Å²) in [5, 5.41) is 6.31. The summed E-state index contributed by atoms with van der Waals surface area (Å²) in [4.78, 5) is 11.8. The smallest absolute Gasteiger partial charge is 0.223 e. The molecule has 1 saturated heterocycles. The molecule has 1 heterocycles. The standard InChI is InChI=1S/C14H20N2O/c17-14(13-7-9-15-10-8-13)16-11-6-12-4-2-1-3-5-12/h1-5,13,15H,6-11H2,(H,16,17). The number of rotatable bonds is 4. The Hall–Kier alpha value is -1.35. The summed E-state index contributed by atoms with van der Waals surface area (Å²) in [7, 11) is 0. The Bertz CT molecular complexity index is 344. The largest absolute Gasteiger partial charge is 0.356 e. The van der Waals surface area contributed by atoms with Gasteiger partial charge in [0, 0.05) is 12.5 Å². The van der Waals surface area contributed by atoms with E-state index in [2.05, 4.69) is 22.8 Å². The number of benzene rings is 1. The van der Waals surface area contributed by atoms with E-state index >= 15 is 0 Å². The molecule has 3 nitrogen and oxygen atoms in total. The fourth-order valence-corrected chi connectivity index (χ4v) is 2.20. The van der Waals surface area contributed by atoms with Gasteiger partial charge in [-0.05, 0) is 37.9 Å². The SMILES string of the molecule is O=C(NCCc1ccccc1)C1CCNCC1. The zero-order chi connectivity index (χ0) is 11.9. The lowest BCUT2D eigenvalue weighted by atomic mass is 9.97. The topological polar surface area (TPSA) is 41.1 Å². The average molecular weight is 232 g/mol. The molecule has 0 spiro atoms. The van der Waals surface area contributed by atoms with Gasteiger partial charge in [-0.1, -0.05) is 30.3 Å². The highest BCUT2D eigenvalue weighted by Crippen LogP contribution is 2.11. The van der Waals surface area contributed by atoms with Gasteiger partial charge in [0.15, 0.2) is 0 Å². The van der Waals surface area contributed by atoms with Crippen LogP contribution >= 0.6 is 0 Å². The Kier molecular flexibility index (Phi) is 4.56. The molecule has 0 saturated carbocycles. The number of carbonyl (C=O) groups excluding carboxylic acids is 1. The van der Waals surface area contributed by atoms with Crippen LogP contribution in [0.1, 0.15) is 18.4 Å². The highest BCUT2D eigenvalue weighted by Gasteiger charge is 2.19. The van der Waals surface area contributed by atoms with Gasteiger partial charge in [0.2, 0.25) is 5.91 Å². The van der Waals surface area contributed by atoms with Gasteiger partial charge in [-0.3, -0.25) is 4.79 Å². The van der Waals surface area contributed by atoms with E-state index in [1.54, 1.807) is 0 Å². The van der Waals surface area contributed by atoms with Crippen LogP contribution in [0.4, 0.5) is 0 Å². The molecule has 0 radical (unpaired) electrons. The van der Waals surface area contributed by atoms with Crippen LogP contribution < -0.4 is 10.6 Å². The average Bonchev–Trinajstić information content (AvgIpc) is 2.41. The quantitative estimate of drug-likeness (QED) is 0.822. The summed E-state index contributed by atoms with van der Waals surface area (Å²) in [5.41, 5.74) is 1.28. The van der Waals surface area contributed by atoms with Crippen LogP contribution in [0.25, 0.3) is 0 Å². The van der Waals surface area contributed by atoms with Gasteiger partial charge >= 0.3 is 0 Å². The van der Waals surface area contributed by atoms with Gasteiger partial charge in [0.05, 0.1) is 0 Å². The third kappa shape index (κ3) is 3.86. The fourth-order valence-electron chi connectivity index (χ4n) is 2.20. The maximum absolute atomic E-state index is 11.8. The summed E-state index contributed by atoms with van der Waals surface area (Å²) in [6.45, 7) is 2.68. The third-order valence-corrected chi connectivity index (χ3v) is 3.27. The molecule has 92 valence electrons. The van der Waals surface area contributed by atoms with Crippen molar-refractivity contribution in [1.29, 1.82) is 0 Å². The van der Waals surface area contributed by atoms with E-state index in [1.807, 2.05) is 18.2 Å². The molecule has 0 atom stereocenters. The highest BCUT2D eigenvalue weighted by molar-refractivity contribution is 5.78. The summed E-state index contributed by atoms with van der Waals surface area (Å²) in [6, 6.07) is 10.3. The minimum Gasteiger partial charge on any atom is -0.356 e. The monoisotopic (exact) mass is 232 g/mol. The molecule has 17 heavy (non-hydrogen) atoms. The van der Waals surface area contributed by atoms with E-state index < -0.39 is 0 Å². The van der Waals surface area contributed by atoms with Crippen molar-refractivity contribution in [1.82, 2.24) is 10.6 Å². The van der Waals surface area contributed by atoms with Gasteiger partial charge < -0.3 is 10.6 Å². The van der Waals surface area contributed by atoms with Crippen LogP contribution in [-0.2, 0) is 11.2 Å². The first kappa shape index (κ1) is 12.1. The lowest BCUT2D eigenvalue weighted by Gasteiger charge is -2.21. The van der Waals surface area contributed by atoms with E-state index in [0.717, 1.165) is 38.9 Å². The van der Waals surface area contributed by atoms with Crippen molar-refractivity contribution >= 4 is 5.91 Å². The summed E-state index contributed by atoms with van der Waals surface area (Å²) >= 11 is 0. The first-order valence-corrected chi connectivity index (χ1v) is 6.38. The Morgan fingerprint density at radius 3 is 2.65 bits per heavy atom. The number of hydrogen-bond acceptors (Lipinski definition) is 2. The molecule has 1 aliphatic heterocycles. The maximum Gasteiger partial charge on any atom is 0.223 e. The molecule has 1 aliphatic rings. The number of carbonyl (C=O) groups is 1.